The molecule has 1 aromatic rings. The number of rotatable bonds is 1. The molecule has 0 aromatic heterocycles. The third-order valence-electron chi connectivity index (χ3n) is 1.52. The number of hydrogen-bond acceptors (Lipinski definition) is 3. The molecule has 0 spiro atoms. The molecule has 0 heterocycles. The highest BCUT2D eigenvalue weighted by molar-refractivity contribution is 5.63. The van der Waals surface area contributed by atoms with E-state index < -0.39 is 28.0 Å². The van der Waals surface area contributed by atoms with Crippen LogP contribution in [0.4, 0.5) is 24.5 Å². The van der Waals surface area contributed by atoms with E-state index in [-0.39, 0.29) is 0 Å². The molecule has 0 aliphatic rings. The lowest BCUT2D eigenvalue weighted by molar-refractivity contribution is -0.384. The zero-order chi connectivity index (χ0) is 10.9. The van der Waals surface area contributed by atoms with Gasteiger partial charge >= 0.3 is 6.18 Å². The Morgan fingerprint density at radius 2 is 2.00 bits per heavy atom. The minimum Gasteiger partial charge on any atom is -0.393 e. The Hall–Kier alpha value is -1.79. The molecule has 0 atom stereocenters. The third kappa shape index (κ3) is 1.76. The maximum Gasteiger partial charge on any atom is 0.418 e. The monoisotopic (exact) mass is 205 g/mol. The quantitative estimate of drug-likeness (QED) is 0.433. The van der Waals surface area contributed by atoms with E-state index in [4.69, 9.17) is 5.73 Å². The molecule has 0 aliphatic heterocycles. The number of hydrogen-bond donors (Lipinski definition) is 1. The highest BCUT2D eigenvalue weighted by Crippen LogP contribution is 2.37. The summed E-state index contributed by atoms with van der Waals surface area (Å²) in [6.07, 6.45) is -4.70. The Labute approximate surface area is 76.3 Å². The predicted molar refractivity (Wildman–Crippen MR) is 41.3 cm³/mol. The molecule has 1 aromatic carbocycles. The van der Waals surface area contributed by atoms with E-state index >= 15 is 0 Å². The van der Waals surface area contributed by atoms with Gasteiger partial charge in [0.2, 0.25) is 0 Å². The summed E-state index contributed by atoms with van der Waals surface area (Å²) < 4.78 is 36.5. The van der Waals surface area contributed by atoms with Gasteiger partial charge in [-0.3, -0.25) is 10.1 Å². The first-order chi connectivity index (χ1) is 6.34. The van der Waals surface area contributed by atoms with Crippen molar-refractivity contribution in [1.29, 1.82) is 0 Å². The van der Waals surface area contributed by atoms with Gasteiger partial charge in [0.25, 0.3) is 5.69 Å². The topological polar surface area (TPSA) is 69.2 Å². The molecule has 2 N–H and O–H groups in total. The van der Waals surface area contributed by atoms with Gasteiger partial charge < -0.3 is 5.73 Å². The van der Waals surface area contributed by atoms with E-state index in [1.165, 1.54) is 0 Å². The fourth-order valence-electron chi connectivity index (χ4n) is 0.883. The molecule has 0 bridgehead atoms. The van der Waals surface area contributed by atoms with Gasteiger partial charge in [0.15, 0.2) is 0 Å². The lowest BCUT2D eigenvalue weighted by atomic mass is 10.1. The van der Waals surface area contributed by atoms with Crippen molar-refractivity contribution in [2.75, 3.05) is 5.73 Å². The van der Waals surface area contributed by atoms with Crippen LogP contribution in [0.1, 0.15) is 5.56 Å². The zero-order valence-electron chi connectivity index (χ0n) is 6.63. The fraction of sp³-hybridized carbons (Fsp3) is 0.143. The van der Waals surface area contributed by atoms with Crippen molar-refractivity contribution in [2.45, 2.75) is 6.18 Å². The second kappa shape index (κ2) is 3.17. The summed E-state index contributed by atoms with van der Waals surface area (Å²) in [7, 11) is 0. The van der Waals surface area contributed by atoms with Gasteiger partial charge in [0, 0.05) is 6.07 Å². The Morgan fingerprint density at radius 1 is 1.43 bits per heavy atom. The average Bonchev–Trinajstić information content (AvgIpc) is 2.01. The minimum atomic E-state index is -4.70. The average molecular weight is 205 g/mol. The van der Waals surface area contributed by atoms with Crippen molar-refractivity contribution in [3.63, 3.8) is 0 Å². The van der Waals surface area contributed by atoms with Crippen LogP contribution in [0.2, 0.25) is 0 Å². The normalized spacial score (nSPS) is 11.4. The Balaban J connectivity index is 3.35. The number of halogens is 3. The second-order valence-corrected chi connectivity index (χ2v) is 2.42. The third-order valence-corrected chi connectivity index (χ3v) is 1.52. The maximum absolute atomic E-state index is 12.2. The van der Waals surface area contributed by atoms with Crippen molar-refractivity contribution in [3.05, 3.63) is 33.9 Å². The van der Waals surface area contributed by atoms with Crippen LogP contribution in [0.3, 0.4) is 0 Å². The summed E-state index contributed by atoms with van der Waals surface area (Å²) in [5.41, 5.74) is 2.07. The smallest absolute Gasteiger partial charge is 0.393 e. The van der Waals surface area contributed by atoms with Crippen LogP contribution in [0.15, 0.2) is 12.1 Å². The van der Waals surface area contributed by atoms with E-state index in [1.807, 2.05) is 6.07 Å². The number of alkyl halides is 3. The SMILES string of the molecule is Nc1c([N+](=O)[O-])c[c]cc1C(F)(F)F. The fourth-order valence-corrected chi connectivity index (χ4v) is 0.883. The number of benzene rings is 1. The number of anilines is 1. The molecular weight excluding hydrogens is 201 g/mol. The molecule has 1 radical (unpaired) electrons. The summed E-state index contributed by atoms with van der Waals surface area (Å²) in [4.78, 5) is 9.25. The van der Waals surface area contributed by atoms with Crippen molar-refractivity contribution < 1.29 is 18.1 Å². The zero-order valence-corrected chi connectivity index (χ0v) is 6.63. The van der Waals surface area contributed by atoms with E-state index in [9.17, 15) is 23.3 Å². The predicted octanol–water partition coefficient (Wildman–Crippen LogP) is 2.00. The number of nitro benzene ring substituents is 1. The van der Waals surface area contributed by atoms with Gasteiger partial charge in [-0.2, -0.15) is 13.2 Å². The second-order valence-electron chi connectivity index (χ2n) is 2.42. The van der Waals surface area contributed by atoms with Crippen molar-refractivity contribution in [3.8, 4) is 0 Å². The molecule has 0 fully saturated rings. The highest BCUT2D eigenvalue weighted by atomic mass is 19.4. The molecular formula is C7H4F3N2O2. The molecule has 0 unspecified atom stereocenters. The van der Waals surface area contributed by atoms with Crippen LogP contribution < -0.4 is 5.73 Å². The van der Waals surface area contributed by atoms with E-state index in [2.05, 4.69) is 0 Å². The summed E-state index contributed by atoms with van der Waals surface area (Å²) in [5, 5.41) is 10.2. The van der Waals surface area contributed by atoms with Crippen LogP contribution >= 0.6 is 0 Å². The molecule has 75 valence electrons. The number of nitrogen functional groups attached to an aromatic ring is 1. The molecule has 7 heteroatoms. The molecule has 14 heavy (non-hydrogen) atoms. The van der Waals surface area contributed by atoms with Crippen LogP contribution in [-0.4, -0.2) is 4.92 Å². The molecule has 1 rings (SSSR count). The summed E-state index contributed by atoms with van der Waals surface area (Å²) in [6.45, 7) is 0. The van der Waals surface area contributed by atoms with Gasteiger partial charge in [0.1, 0.15) is 5.69 Å². The van der Waals surface area contributed by atoms with Gasteiger partial charge in [-0.15, -0.1) is 0 Å². The largest absolute Gasteiger partial charge is 0.418 e. The van der Waals surface area contributed by atoms with Crippen LogP contribution in [0, 0.1) is 16.2 Å². The minimum absolute atomic E-state index is 0.572. The molecule has 0 saturated heterocycles. The number of nitro groups is 1. The van der Waals surface area contributed by atoms with Crippen molar-refractivity contribution >= 4 is 11.4 Å². The maximum atomic E-state index is 12.2. The summed E-state index contributed by atoms with van der Waals surface area (Å²) >= 11 is 0. The lowest BCUT2D eigenvalue weighted by Gasteiger charge is -2.08. The van der Waals surface area contributed by atoms with Crippen molar-refractivity contribution in [2.24, 2.45) is 0 Å². The van der Waals surface area contributed by atoms with Gasteiger partial charge in [-0.25, -0.2) is 0 Å². The summed E-state index contributed by atoms with van der Waals surface area (Å²) in [5.74, 6) is 0. The van der Waals surface area contributed by atoms with Crippen molar-refractivity contribution in [1.82, 2.24) is 0 Å². The Morgan fingerprint density at radius 3 is 2.43 bits per heavy atom. The van der Waals surface area contributed by atoms with Crippen LogP contribution in [-0.2, 0) is 6.18 Å². The highest BCUT2D eigenvalue weighted by Gasteiger charge is 2.35. The first-order valence-corrected chi connectivity index (χ1v) is 3.35. The van der Waals surface area contributed by atoms with E-state index in [0.29, 0.717) is 6.07 Å². The summed E-state index contributed by atoms with van der Waals surface area (Å²) in [6, 6.07) is 3.38. The van der Waals surface area contributed by atoms with Crippen LogP contribution in [0.5, 0.6) is 0 Å². The molecule has 0 saturated carbocycles. The van der Waals surface area contributed by atoms with E-state index in [0.717, 1.165) is 6.07 Å². The molecule has 0 amide bonds. The number of nitrogens with zero attached hydrogens (tertiary/aromatic N) is 1. The lowest BCUT2D eigenvalue weighted by Crippen LogP contribution is -2.10. The van der Waals surface area contributed by atoms with Gasteiger partial charge in [-0.05, 0) is 12.1 Å². The van der Waals surface area contributed by atoms with Crippen LogP contribution in [0.25, 0.3) is 0 Å². The van der Waals surface area contributed by atoms with Gasteiger partial charge in [0.05, 0.1) is 10.5 Å². The van der Waals surface area contributed by atoms with Gasteiger partial charge in [-0.1, -0.05) is 0 Å². The molecule has 4 nitrogen and oxygen atoms in total. The first kappa shape index (κ1) is 10.3. The Kier molecular flexibility index (Phi) is 2.33. The Bertz CT molecular complexity index is 376. The standard InChI is InChI=1S/C7H4F3N2O2/c8-7(9,10)4-2-1-3-5(6(4)11)12(13)14/h2-3H,11H2. The first-order valence-electron chi connectivity index (χ1n) is 3.35. The van der Waals surface area contributed by atoms with E-state index in [1.54, 1.807) is 0 Å². The molecule has 0 aliphatic carbocycles. The number of nitrogens with two attached hydrogens (primary N) is 1.